The number of quaternary nitrogens is 1. The number of hydrogen-bond donors (Lipinski definition) is 0. The summed E-state index contributed by atoms with van der Waals surface area (Å²) >= 11 is 0. The Balaban J connectivity index is 0.00000512. The second kappa shape index (κ2) is 13.6. The van der Waals surface area contributed by atoms with Gasteiger partial charge in [-0.3, -0.25) is 0 Å². The summed E-state index contributed by atoms with van der Waals surface area (Å²) in [7, 11) is 4.55. The van der Waals surface area contributed by atoms with Crippen LogP contribution in [0.5, 0.6) is 0 Å². The van der Waals surface area contributed by atoms with Crippen LogP contribution < -0.4 is 24.0 Å². The van der Waals surface area contributed by atoms with Gasteiger partial charge in [0.1, 0.15) is 24.3 Å². The van der Waals surface area contributed by atoms with Crippen molar-refractivity contribution in [2.45, 2.75) is 59.5 Å². The predicted octanol–water partition coefficient (Wildman–Crippen LogP) is 3.79. The predicted molar refractivity (Wildman–Crippen MR) is 125 cm³/mol. The second-order valence-corrected chi connectivity index (χ2v) is 9.45. The SMILES string of the molecule is CCC(CC)C[N+](C)(C)CC(OCCCc1c(F)cccc1F)c1c(C)cccc1C.[I-]. The van der Waals surface area contributed by atoms with E-state index in [-0.39, 0.29) is 35.6 Å². The number of benzene rings is 2. The molecular formula is C27H40F2INO. The summed E-state index contributed by atoms with van der Waals surface area (Å²) in [6, 6.07) is 10.4. The first-order chi connectivity index (χ1) is 14.7. The second-order valence-electron chi connectivity index (χ2n) is 9.45. The lowest BCUT2D eigenvalue weighted by molar-refractivity contribution is -0.897. The standard InChI is InChI=1S/C27H40F2NO.HI/c1-7-22(8-2)18-30(5,6)19-26(27-20(3)12-9-13-21(27)4)31-17-11-14-23-24(28)15-10-16-25(23)29;/h9-10,12-13,15-16,22,26H,7-8,11,14,17-19H2,1-6H3;1H/q+1;/p-1. The summed E-state index contributed by atoms with van der Waals surface area (Å²) < 4.78 is 35.2. The molecule has 1 unspecified atom stereocenters. The summed E-state index contributed by atoms with van der Waals surface area (Å²) in [6.07, 6.45) is 3.24. The Labute approximate surface area is 211 Å². The van der Waals surface area contributed by atoms with Crippen LogP contribution in [0, 0.1) is 31.4 Å². The summed E-state index contributed by atoms with van der Waals surface area (Å²) in [5, 5.41) is 0. The van der Waals surface area contributed by atoms with Crippen molar-refractivity contribution in [2.75, 3.05) is 33.8 Å². The van der Waals surface area contributed by atoms with Crippen LogP contribution in [-0.2, 0) is 11.2 Å². The number of nitrogens with zero attached hydrogens (tertiary/aromatic N) is 1. The average Bonchev–Trinajstić information content (AvgIpc) is 2.70. The molecular weight excluding hydrogens is 519 g/mol. The van der Waals surface area contributed by atoms with E-state index >= 15 is 0 Å². The minimum Gasteiger partial charge on any atom is -1.00 e. The molecule has 0 aliphatic heterocycles. The van der Waals surface area contributed by atoms with Crippen LogP contribution in [0.1, 0.15) is 61.5 Å². The lowest BCUT2D eigenvalue weighted by atomic mass is 9.96. The number of halogens is 3. The lowest BCUT2D eigenvalue weighted by Gasteiger charge is -2.37. The monoisotopic (exact) mass is 559 g/mol. The minimum absolute atomic E-state index is 0. The highest BCUT2D eigenvalue weighted by Crippen LogP contribution is 2.28. The van der Waals surface area contributed by atoms with Crippen LogP contribution in [0.3, 0.4) is 0 Å². The minimum atomic E-state index is -0.478. The highest BCUT2D eigenvalue weighted by molar-refractivity contribution is 5.35. The van der Waals surface area contributed by atoms with Crippen LogP contribution in [0.4, 0.5) is 8.78 Å². The summed E-state index contributed by atoms with van der Waals surface area (Å²) in [5.74, 6) is -0.263. The molecule has 32 heavy (non-hydrogen) atoms. The molecule has 0 aliphatic rings. The van der Waals surface area contributed by atoms with Gasteiger partial charge in [-0.15, -0.1) is 0 Å². The zero-order valence-electron chi connectivity index (χ0n) is 20.6. The molecule has 0 amide bonds. The van der Waals surface area contributed by atoms with Crippen LogP contribution in [0.2, 0.25) is 0 Å². The van der Waals surface area contributed by atoms with E-state index in [2.05, 4.69) is 60.0 Å². The smallest absolute Gasteiger partial charge is 0.132 e. The lowest BCUT2D eigenvalue weighted by Crippen LogP contribution is -3.00. The van der Waals surface area contributed by atoms with Crippen LogP contribution in [0.25, 0.3) is 0 Å². The first-order valence-electron chi connectivity index (χ1n) is 11.6. The van der Waals surface area contributed by atoms with Crippen molar-refractivity contribution in [3.05, 3.63) is 70.3 Å². The van der Waals surface area contributed by atoms with Crippen LogP contribution in [0.15, 0.2) is 36.4 Å². The molecule has 2 rings (SSSR count). The van der Waals surface area contributed by atoms with E-state index in [4.69, 9.17) is 4.74 Å². The molecule has 0 aromatic heterocycles. The molecule has 0 fully saturated rings. The average molecular weight is 560 g/mol. The number of hydrogen-bond acceptors (Lipinski definition) is 1. The van der Waals surface area contributed by atoms with Crippen molar-refractivity contribution in [2.24, 2.45) is 5.92 Å². The topological polar surface area (TPSA) is 9.23 Å². The third kappa shape index (κ3) is 8.38. The third-order valence-corrected chi connectivity index (χ3v) is 6.38. The molecule has 0 spiro atoms. The molecule has 0 heterocycles. The first-order valence-corrected chi connectivity index (χ1v) is 11.6. The van der Waals surface area contributed by atoms with Crippen molar-refractivity contribution in [3.8, 4) is 0 Å². The van der Waals surface area contributed by atoms with Gasteiger partial charge in [-0.2, -0.15) is 0 Å². The van der Waals surface area contributed by atoms with Crippen molar-refractivity contribution in [3.63, 3.8) is 0 Å². The quantitative estimate of drug-likeness (QED) is 0.219. The van der Waals surface area contributed by atoms with Gasteiger partial charge >= 0.3 is 0 Å². The van der Waals surface area contributed by atoms with Crippen molar-refractivity contribution in [1.29, 1.82) is 0 Å². The molecule has 180 valence electrons. The molecule has 0 N–H and O–H groups in total. The molecule has 2 aromatic rings. The van der Waals surface area contributed by atoms with Gasteiger partial charge in [0, 0.05) is 18.1 Å². The Hall–Kier alpha value is -1.05. The Morgan fingerprint density at radius 2 is 1.41 bits per heavy atom. The van der Waals surface area contributed by atoms with E-state index in [0.717, 1.165) is 17.6 Å². The zero-order valence-corrected chi connectivity index (χ0v) is 22.7. The highest BCUT2D eigenvalue weighted by atomic mass is 127. The molecule has 2 aromatic carbocycles. The van der Waals surface area contributed by atoms with E-state index in [9.17, 15) is 8.78 Å². The number of rotatable bonds is 12. The largest absolute Gasteiger partial charge is 1.00 e. The molecule has 5 heteroatoms. The highest BCUT2D eigenvalue weighted by Gasteiger charge is 2.28. The van der Waals surface area contributed by atoms with E-state index in [1.165, 1.54) is 47.7 Å². The number of likely N-dealkylation sites (N-methyl/N-ethyl adjacent to an activating group) is 1. The normalized spacial score (nSPS) is 12.7. The maximum absolute atomic E-state index is 13.9. The Morgan fingerprint density at radius 3 is 1.94 bits per heavy atom. The van der Waals surface area contributed by atoms with Gasteiger partial charge in [-0.05, 0) is 68.4 Å². The van der Waals surface area contributed by atoms with Gasteiger partial charge in [0.05, 0.1) is 20.6 Å². The number of ether oxygens (including phenoxy) is 1. The van der Waals surface area contributed by atoms with Gasteiger partial charge in [0.2, 0.25) is 0 Å². The fourth-order valence-electron chi connectivity index (χ4n) is 4.58. The van der Waals surface area contributed by atoms with Crippen LogP contribution >= 0.6 is 0 Å². The molecule has 1 atom stereocenters. The van der Waals surface area contributed by atoms with Crippen LogP contribution in [-0.4, -0.2) is 38.3 Å². The molecule has 0 radical (unpaired) electrons. The molecule has 0 aliphatic carbocycles. The molecule has 0 bridgehead atoms. The molecule has 0 saturated heterocycles. The maximum atomic E-state index is 13.9. The van der Waals surface area contributed by atoms with Gasteiger partial charge in [0.25, 0.3) is 0 Å². The molecule has 2 nitrogen and oxygen atoms in total. The van der Waals surface area contributed by atoms with E-state index in [1.54, 1.807) is 0 Å². The summed E-state index contributed by atoms with van der Waals surface area (Å²) in [4.78, 5) is 0. The fraction of sp³-hybridized carbons (Fsp3) is 0.556. The van der Waals surface area contributed by atoms with Gasteiger partial charge < -0.3 is 33.2 Å². The van der Waals surface area contributed by atoms with E-state index in [0.29, 0.717) is 25.4 Å². The van der Waals surface area contributed by atoms with Crippen molar-refractivity contribution < 1.29 is 42.0 Å². The Kier molecular flexibility index (Phi) is 12.3. The summed E-state index contributed by atoms with van der Waals surface area (Å²) in [6.45, 7) is 11.2. The van der Waals surface area contributed by atoms with Crippen molar-refractivity contribution in [1.82, 2.24) is 0 Å². The fourth-order valence-corrected chi connectivity index (χ4v) is 4.58. The number of aryl methyl sites for hydroxylation is 2. The van der Waals surface area contributed by atoms with Crippen molar-refractivity contribution >= 4 is 0 Å². The first kappa shape index (κ1) is 29.0. The van der Waals surface area contributed by atoms with Gasteiger partial charge in [0.15, 0.2) is 0 Å². The van der Waals surface area contributed by atoms with E-state index in [1.807, 2.05) is 0 Å². The molecule has 0 saturated carbocycles. The summed E-state index contributed by atoms with van der Waals surface area (Å²) in [5.41, 5.74) is 3.86. The zero-order chi connectivity index (χ0) is 23.0. The van der Waals surface area contributed by atoms with Gasteiger partial charge in [-0.1, -0.05) is 38.1 Å². The Morgan fingerprint density at radius 1 is 0.875 bits per heavy atom. The third-order valence-electron chi connectivity index (χ3n) is 6.38. The maximum Gasteiger partial charge on any atom is 0.132 e. The van der Waals surface area contributed by atoms with Gasteiger partial charge in [-0.25, -0.2) is 8.78 Å². The Bertz CT molecular complexity index is 796. The van der Waals surface area contributed by atoms with E-state index < -0.39 is 11.6 Å².